The highest BCUT2D eigenvalue weighted by Gasteiger charge is 2.42. The lowest BCUT2D eigenvalue weighted by Gasteiger charge is -2.36. The summed E-state index contributed by atoms with van der Waals surface area (Å²) in [5.41, 5.74) is 2.64. The second-order valence-electron chi connectivity index (χ2n) is 8.32. The molecule has 2 N–H and O–H groups in total. The van der Waals surface area contributed by atoms with Crippen LogP contribution in [0.1, 0.15) is 12.0 Å². The molecule has 0 bridgehead atoms. The number of hydrogen-bond acceptors (Lipinski definition) is 6. The molecule has 1 aliphatic heterocycles. The molecule has 1 atom stereocenters. The standard InChI is InChI=1S/C25H22ClN5O4S2/c26-22-9-10-24(36-22)37(34,35)31-20-4-2-1-3-19(20)29-25(33)21(31)15-23(32)28-12-11-17-5-7-18(8-6-17)30-14-13-27-16-30/h1-10,13-14,16,21H,11-12,15H2,(H,28,32)(H,29,33). The van der Waals surface area contributed by atoms with Gasteiger partial charge in [0, 0.05) is 24.6 Å². The predicted molar refractivity (Wildman–Crippen MR) is 143 cm³/mol. The Morgan fingerprint density at radius 1 is 1.11 bits per heavy atom. The lowest BCUT2D eigenvalue weighted by atomic mass is 10.1. The van der Waals surface area contributed by atoms with Gasteiger partial charge in [-0.1, -0.05) is 35.9 Å². The van der Waals surface area contributed by atoms with Crippen LogP contribution < -0.4 is 14.9 Å². The minimum absolute atomic E-state index is 0.00782. The van der Waals surface area contributed by atoms with E-state index < -0.39 is 27.9 Å². The summed E-state index contributed by atoms with van der Waals surface area (Å²) in [7, 11) is -4.15. The van der Waals surface area contributed by atoms with Crippen LogP contribution >= 0.6 is 22.9 Å². The van der Waals surface area contributed by atoms with Crippen molar-refractivity contribution in [1.82, 2.24) is 14.9 Å². The van der Waals surface area contributed by atoms with Gasteiger partial charge < -0.3 is 15.2 Å². The van der Waals surface area contributed by atoms with Gasteiger partial charge in [0.05, 0.1) is 28.5 Å². The number of carbonyl (C=O) groups excluding carboxylic acids is 2. The van der Waals surface area contributed by atoms with E-state index in [9.17, 15) is 18.0 Å². The molecule has 9 nitrogen and oxygen atoms in total. The Labute approximate surface area is 222 Å². The maximum atomic E-state index is 13.6. The Morgan fingerprint density at radius 3 is 2.59 bits per heavy atom. The second kappa shape index (κ2) is 10.4. The highest BCUT2D eigenvalue weighted by Crippen LogP contribution is 2.39. The van der Waals surface area contributed by atoms with E-state index in [1.807, 2.05) is 35.0 Å². The molecule has 0 saturated carbocycles. The normalized spacial score (nSPS) is 15.2. The van der Waals surface area contributed by atoms with Crippen LogP contribution in [-0.4, -0.2) is 42.4 Å². The van der Waals surface area contributed by atoms with Crippen LogP contribution in [0.3, 0.4) is 0 Å². The number of para-hydroxylation sites is 2. The minimum Gasteiger partial charge on any atom is -0.356 e. The monoisotopic (exact) mass is 555 g/mol. The van der Waals surface area contributed by atoms with Crippen molar-refractivity contribution in [3.8, 4) is 5.69 Å². The SMILES string of the molecule is O=C(CC1C(=O)Nc2ccccc2N1S(=O)(=O)c1ccc(Cl)s1)NCCc1ccc(-n2ccnc2)cc1. The molecule has 1 unspecified atom stereocenters. The van der Waals surface area contributed by atoms with Crippen molar-refractivity contribution < 1.29 is 18.0 Å². The number of amides is 2. The van der Waals surface area contributed by atoms with Gasteiger partial charge in [0.25, 0.3) is 10.0 Å². The van der Waals surface area contributed by atoms with Gasteiger partial charge in [-0.2, -0.15) is 0 Å². The summed E-state index contributed by atoms with van der Waals surface area (Å²) in [4.78, 5) is 29.9. The van der Waals surface area contributed by atoms with E-state index in [1.54, 1.807) is 36.8 Å². The van der Waals surface area contributed by atoms with Crippen molar-refractivity contribution in [2.24, 2.45) is 0 Å². The van der Waals surface area contributed by atoms with Crippen LogP contribution in [0.2, 0.25) is 4.34 Å². The quantitative estimate of drug-likeness (QED) is 0.343. The number of nitrogens with zero attached hydrogens (tertiary/aromatic N) is 3. The molecule has 3 heterocycles. The van der Waals surface area contributed by atoms with E-state index in [2.05, 4.69) is 15.6 Å². The third-order valence-electron chi connectivity index (χ3n) is 5.90. The Hall–Kier alpha value is -3.67. The van der Waals surface area contributed by atoms with Crippen LogP contribution in [0.5, 0.6) is 0 Å². The summed E-state index contributed by atoms with van der Waals surface area (Å²) >= 11 is 6.88. The van der Waals surface area contributed by atoms with Gasteiger partial charge >= 0.3 is 0 Å². The fourth-order valence-electron chi connectivity index (χ4n) is 4.11. The summed E-state index contributed by atoms with van der Waals surface area (Å²) in [6, 6.07) is 16.1. The van der Waals surface area contributed by atoms with Gasteiger partial charge in [0.2, 0.25) is 11.8 Å². The van der Waals surface area contributed by atoms with Gasteiger partial charge in [-0.3, -0.25) is 13.9 Å². The van der Waals surface area contributed by atoms with Crippen LogP contribution in [-0.2, 0) is 26.0 Å². The third-order valence-corrected chi connectivity index (χ3v) is 9.42. The van der Waals surface area contributed by atoms with Crippen LogP contribution in [0, 0.1) is 0 Å². The number of imidazole rings is 1. The number of thiophene rings is 1. The molecule has 0 spiro atoms. The average molecular weight is 556 g/mol. The Bertz CT molecular complexity index is 1540. The third kappa shape index (κ3) is 5.24. The molecule has 37 heavy (non-hydrogen) atoms. The molecule has 0 radical (unpaired) electrons. The zero-order valence-corrected chi connectivity index (χ0v) is 21.8. The number of hydrogen-bond donors (Lipinski definition) is 2. The van der Waals surface area contributed by atoms with E-state index in [0.29, 0.717) is 28.7 Å². The number of anilines is 2. The van der Waals surface area contributed by atoms with E-state index in [1.165, 1.54) is 12.1 Å². The van der Waals surface area contributed by atoms with Gasteiger partial charge in [0.1, 0.15) is 10.3 Å². The van der Waals surface area contributed by atoms with Gasteiger partial charge in [-0.25, -0.2) is 13.4 Å². The average Bonchev–Trinajstić information content (AvgIpc) is 3.57. The molecule has 2 aromatic carbocycles. The second-order valence-corrected chi connectivity index (χ2v) is 12.1. The zero-order valence-electron chi connectivity index (χ0n) is 19.4. The van der Waals surface area contributed by atoms with E-state index in [-0.39, 0.29) is 10.6 Å². The van der Waals surface area contributed by atoms with E-state index in [4.69, 9.17) is 11.6 Å². The van der Waals surface area contributed by atoms with E-state index >= 15 is 0 Å². The molecular formula is C25H22ClN5O4S2. The van der Waals surface area contributed by atoms with Crippen LogP contribution in [0.15, 0.2) is 83.6 Å². The molecule has 0 aliphatic carbocycles. The maximum absolute atomic E-state index is 13.6. The van der Waals surface area contributed by atoms with Crippen molar-refractivity contribution in [1.29, 1.82) is 0 Å². The number of nitrogens with one attached hydrogen (secondary N) is 2. The fraction of sp³-hybridized carbons (Fsp3) is 0.160. The molecule has 4 aromatic rings. The molecule has 2 aromatic heterocycles. The van der Waals surface area contributed by atoms with Crippen molar-refractivity contribution in [2.75, 3.05) is 16.2 Å². The molecule has 5 rings (SSSR count). The van der Waals surface area contributed by atoms with E-state index in [0.717, 1.165) is 26.9 Å². The summed E-state index contributed by atoms with van der Waals surface area (Å²) in [6.07, 6.45) is 5.51. The number of aromatic nitrogens is 2. The topological polar surface area (TPSA) is 113 Å². The van der Waals surface area contributed by atoms with Crippen LogP contribution in [0.25, 0.3) is 5.69 Å². The van der Waals surface area contributed by atoms with Gasteiger partial charge in [-0.05, 0) is 48.4 Å². The Balaban J connectivity index is 1.29. The fourth-order valence-corrected chi connectivity index (χ4v) is 7.31. The lowest BCUT2D eigenvalue weighted by molar-refractivity contribution is -0.125. The predicted octanol–water partition coefficient (Wildman–Crippen LogP) is 3.85. The van der Waals surface area contributed by atoms with Gasteiger partial charge in [0.15, 0.2) is 0 Å². The number of halogens is 1. The molecular weight excluding hydrogens is 534 g/mol. The number of carbonyl (C=O) groups is 2. The van der Waals surface area contributed by atoms with Crippen molar-refractivity contribution in [2.45, 2.75) is 23.1 Å². The first-order valence-corrected chi connectivity index (χ1v) is 14.0. The summed E-state index contributed by atoms with van der Waals surface area (Å²) in [5.74, 6) is -1.01. The smallest absolute Gasteiger partial charge is 0.274 e. The summed E-state index contributed by atoms with van der Waals surface area (Å²) in [6.45, 7) is 0.335. The molecule has 0 saturated heterocycles. The Morgan fingerprint density at radius 2 is 1.89 bits per heavy atom. The van der Waals surface area contributed by atoms with Crippen molar-refractivity contribution in [3.63, 3.8) is 0 Å². The first-order chi connectivity index (χ1) is 17.8. The van der Waals surface area contributed by atoms with Gasteiger partial charge in [-0.15, -0.1) is 11.3 Å². The number of benzene rings is 2. The highest BCUT2D eigenvalue weighted by atomic mass is 35.5. The number of rotatable bonds is 8. The molecule has 0 fully saturated rings. The minimum atomic E-state index is -4.15. The largest absolute Gasteiger partial charge is 0.356 e. The lowest BCUT2D eigenvalue weighted by Crippen LogP contribution is -2.52. The number of fused-ring (bicyclic) bond motifs is 1. The number of sulfonamides is 1. The Kier molecular flexibility index (Phi) is 7.00. The first-order valence-electron chi connectivity index (χ1n) is 11.4. The van der Waals surface area contributed by atoms with Crippen molar-refractivity contribution in [3.05, 3.63) is 89.3 Å². The molecule has 2 amide bonds. The van der Waals surface area contributed by atoms with Crippen LogP contribution in [0.4, 0.5) is 11.4 Å². The zero-order chi connectivity index (χ0) is 26.0. The molecule has 1 aliphatic rings. The summed E-state index contributed by atoms with van der Waals surface area (Å²) < 4.78 is 30.4. The van der Waals surface area contributed by atoms with Crippen molar-refractivity contribution >= 4 is 56.2 Å². The maximum Gasteiger partial charge on any atom is 0.274 e. The molecule has 12 heteroatoms. The molecule has 190 valence electrons. The first kappa shape index (κ1) is 25.0. The summed E-state index contributed by atoms with van der Waals surface area (Å²) in [5, 5.41) is 5.53. The highest BCUT2D eigenvalue weighted by molar-refractivity contribution is 7.95.